The first-order valence-electron chi connectivity index (χ1n) is 7.25. The van der Waals surface area contributed by atoms with Gasteiger partial charge in [0.15, 0.2) is 0 Å². The number of carbonyl (C=O) groups is 3. The first kappa shape index (κ1) is 20.0. The zero-order chi connectivity index (χ0) is 18.3. The second-order valence-electron chi connectivity index (χ2n) is 6.03. The van der Waals surface area contributed by atoms with Gasteiger partial charge in [-0.3, -0.25) is 0 Å². The summed E-state index contributed by atoms with van der Waals surface area (Å²) in [6.07, 6.45) is -1.09. The number of carboxylic acid groups (broad SMARTS) is 2. The average Bonchev–Trinajstić information content (AvgIpc) is 2.44. The molecule has 0 aromatic heterocycles. The molecule has 0 fully saturated rings. The van der Waals surface area contributed by atoms with Gasteiger partial charge in [-0.15, -0.1) is 0 Å². The Kier molecular flexibility index (Phi) is 7.25. The van der Waals surface area contributed by atoms with Crippen LogP contribution in [0.1, 0.15) is 27.2 Å². The van der Waals surface area contributed by atoms with Crippen LogP contribution >= 0.6 is 0 Å². The molecule has 0 saturated heterocycles. The SMILES string of the molecule is CC(C)(C)OC(=O)NC(CC([Se]c1ccccc1)C(=O)O)C(=O)O. The molecule has 0 heterocycles. The quantitative estimate of drug-likeness (QED) is 0.592. The van der Waals surface area contributed by atoms with Gasteiger partial charge in [-0.05, 0) is 0 Å². The molecule has 7 nitrogen and oxygen atoms in total. The molecule has 8 heteroatoms. The van der Waals surface area contributed by atoms with Gasteiger partial charge < -0.3 is 0 Å². The molecule has 2 atom stereocenters. The Balaban J connectivity index is 2.77. The van der Waals surface area contributed by atoms with Crippen molar-refractivity contribution < 1.29 is 29.3 Å². The normalized spacial score (nSPS) is 13.6. The van der Waals surface area contributed by atoms with Gasteiger partial charge in [0.1, 0.15) is 0 Å². The summed E-state index contributed by atoms with van der Waals surface area (Å²) in [5.41, 5.74) is -0.771. The molecule has 2 unspecified atom stereocenters. The molecule has 0 spiro atoms. The van der Waals surface area contributed by atoms with Crippen molar-refractivity contribution >= 4 is 37.5 Å². The number of amides is 1. The van der Waals surface area contributed by atoms with Crippen LogP contribution in [0.25, 0.3) is 0 Å². The molecule has 3 N–H and O–H groups in total. The molecular weight excluding hydrogens is 381 g/mol. The standard InChI is InChI=1S/C16H21NO6Se/c1-16(2,3)23-15(22)17-11(13(18)19)9-12(14(20)21)24-10-7-5-4-6-8-10/h4-8,11-12H,9H2,1-3H3,(H,17,22)(H,18,19)(H,20,21). The van der Waals surface area contributed by atoms with Crippen LogP contribution in [0.4, 0.5) is 4.79 Å². The molecule has 1 rings (SSSR count). The second kappa shape index (κ2) is 8.70. The molecule has 24 heavy (non-hydrogen) atoms. The van der Waals surface area contributed by atoms with Crippen LogP contribution in [0.15, 0.2) is 30.3 Å². The van der Waals surface area contributed by atoms with Crippen molar-refractivity contribution in [2.75, 3.05) is 0 Å². The van der Waals surface area contributed by atoms with Crippen molar-refractivity contribution in [1.82, 2.24) is 5.32 Å². The van der Waals surface area contributed by atoms with E-state index in [1.807, 2.05) is 6.07 Å². The summed E-state index contributed by atoms with van der Waals surface area (Å²) in [4.78, 5) is 33.7. The van der Waals surface area contributed by atoms with E-state index >= 15 is 0 Å². The van der Waals surface area contributed by atoms with Crippen LogP contribution in [0.3, 0.4) is 0 Å². The number of carbonyl (C=O) groups excluding carboxylic acids is 1. The van der Waals surface area contributed by atoms with Gasteiger partial charge in [-0.1, -0.05) is 0 Å². The third-order valence-corrected chi connectivity index (χ3v) is 5.30. The van der Waals surface area contributed by atoms with E-state index in [9.17, 15) is 24.6 Å². The number of ether oxygens (including phenoxy) is 1. The molecule has 1 amide bonds. The number of nitrogens with one attached hydrogen (secondary N) is 1. The summed E-state index contributed by atoms with van der Waals surface area (Å²) in [5, 5.41) is 20.9. The number of hydrogen-bond acceptors (Lipinski definition) is 4. The number of rotatable bonds is 7. The number of hydrogen-bond donors (Lipinski definition) is 3. The Morgan fingerprint density at radius 2 is 1.71 bits per heavy atom. The monoisotopic (exact) mass is 403 g/mol. The predicted molar refractivity (Wildman–Crippen MR) is 88.6 cm³/mol. The number of alkyl carbamates (subject to hydrolysis) is 1. The summed E-state index contributed by atoms with van der Waals surface area (Å²) in [6, 6.07) is 7.68. The predicted octanol–water partition coefficient (Wildman–Crippen LogP) is 1.26. The topological polar surface area (TPSA) is 113 Å². The zero-order valence-electron chi connectivity index (χ0n) is 13.7. The third kappa shape index (κ3) is 7.48. The van der Waals surface area contributed by atoms with Gasteiger partial charge in [0.25, 0.3) is 0 Å². The minimum absolute atomic E-state index is 0.210. The Morgan fingerprint density at radius 1 is 1.12 bits per heavy atom. The van der Waals surface area contributed by atoms with E-state index in [2.05, 4.69) is 5.32 Å². The second-order valence-corrected chi connectivity index (χ2v) is 8.71. The van der Waals surface area contributed by atoms with Crippen LogP contribution in [-0.2, 0) is 14.3 Å². The van der Waals surface area contributed by atoms with E-state index in [4.69, 9.17) is 4.74 Å². The van der Waals surface area contributed by atoms with Crippen molar-refractivity contribution in [3.8, 4) is 0 Å². The summed E-state index contributed by atoms with van der Waals surface area (Å²) < 4.78 is 5.87. The van der Waals surface area contributed by atoms with Crippen molar-refractivity contribution in [3.63, 3.8) is 0 Å². The van der Waals surface area contributed by atoms with E-state index in [1.54, 1.807) is 45.0 Å². The first-order chi connectivity index (χ1) is 11.1. The van der Waals surface area contributed by atoms with Gasteiger partial charge in [0, 0.05) is 0 Å². The van der Waals surface area contributed by atoms with E-state index in [-0.39, 0.29) is 6.42 Å². The fourth-order valence-electron chi connectivity index (χ4n) is 1.75. The average molecular weight is 402 g/mol. The summed E-state index contributed by atoms with van der Waals surface area (Å²) in [7, 11) is 0. The third-order valence-electron chi connectivity index (χ3n) is 2.74. The van der Waals surface area contributed by atoms with Gasteiger partial charge in [0.05, 0.1) is 0 Å². The van der Waals surface area contributed by atoms with Crippen LogP contribution < -0.4 is 9.78 Å². The molecule has 0 aliphatic rings. The van der Waals surface area contributed by atoms with Crippen molar-refractivity contribution in [3.05, 3.63) is 30.3 Å². The van der Waals surface area contributed by atoms with E-state index in [0.717, 1.165) is 4.46 Å². The number of benzene rings is 1. The number of carboxylic acids is 2. The van der Waals surface area contributed by atoms with E-state index < -0.39 is 49.4 Å². The van der Waals surface area contributed by atoms with Gasteiger partial charge in [0.2, 0.25) is 0 Å². The van der Waals surface area contributed by atoms with Crippen molar-refractivity contribution in [1.29, 1.82) is 0 Å². The molecule has 0 aliphatic heterocycles. The summed E-state index contributed by atoms with van der Waals surface area (Å²) in [5.74, 6) is -2.38. The fraction of sp³-hybridized carbons (Fsp3) is 0.438. The first-order valence-corrected chi connectivity index (χ1v) is 9.10. The Bertz CT molecular complexity index is 584. The zero-order valence-corrected chi connectivity index (χ0v) is 15.4. The molecule has 0 bridgehead atoms. The molecule has 132 valence electrons. The molecule has 0 saturated carbocycles. The van der Waals surface area contributed by atoms with Crippen LogP contribution in [-0.4, -0.2) is 54.8 Å². The maximum atomic E-state index is 11.7. The van der Waals surface area contributed by atoms with Crippen LogP contribution in [0.2, 0.25) is 4.82 Å². The van der Waals surface area contributed by atoms with Gasteiger partial charge in [-0.2, -0.15) is 0 Å². The Morgan fingerprint density at radius 3 is 2.17 bits per heavy atom. The Labute approximate surface area is 146 Å². The van der Waals surface area contributed by atoms with Crippen LogP contribution in [0, 0.1) is 0 Å². The number of aliphatic carboxylic acids is 2. The Hall–Kier alpha value is -2.05. The molecule has 0 radical (unpaired) electrons. The van der Waals surface area contributed by atoms with Crippen molar-refractivity contribution in [2.45, 2.75) is 43.7 Å². The summed E-state index contributed by atoms with van der Waals surface area (Å²) in [6.45, 7) is 4.96. The fourth-order valence-corrected chi connectivity index (χ4v) is 3.91. The molecule has 1 aromatic carbocycles. The minimum atomic E-state index is -1.33. The molecular formula is C16H21NO6Se. The van der Waals surface area contributed by atoms with Gasteiger partial charge >= 0.3 is 146 Å². The summed E-state index contributed by atoms with van der Waals surface area (Å²) >= 11 is -0.462. The van der Waals surface area contributed by atoms with Crippen molar-refractivity contribution in [2.24, 2.45) is 0 Å². The molecule has 1 aromatic rings. The van der Waals surface area contributed by atoms with Gasteiger partial charge in [-0.25, -0.2) is 0 Å². The maximum absolute atomic E-state index is 11.7. The van der Waals surface area contributed by atoms with E-state index in [1.165, 1.54) is 0 Å². The van der Waals surface area contributed by atoms with Crippen LogP contribution in [0.5, 0.6) is 0 Å². The molecule has 0 aliphatic carbocycles. The van der Waals surface area contributed by atoms with E-state index in [0.29, 0.717) is 0 Å².